The lowest BCUT2D eigenvalue weighted by atomic mass is 10.2. The number of nitrogens with zero attached hydrogens (tertiary/aromatic N) is 7. The first-order valence-corrected chi connectivity index (χ1v) is 41.2. The molecular formula is C71H59N15O12S9. The molecular weight excluding hydrogens is 1540 g/mol. The molecule has 10 heterocycles. The van der Waals surface area contributed by atoms with Gasteiger partial charge < -0.3 is 31.5 Å². The second kappa shape index (κ2) is 35.0. The summed E-state index contributed by atoms with van der Waals surface area (Å²) in [5, 5.41) is 24.4. The maximum absolute atomic E-state index is 13.6. The van der Waals surface area contributed by atoms with Gasteiger partial charge >= 0.3 is 0 Å². The van der Waals surface area contributed by atoms with E-state index in [0.717, 1.165) is 14.6 Å². The van der Waals surface area contributed by atoms with Crippen LogP contribution in [0.15, 0.2) is 240 Å². The summed E-state index contributed by atoms with van der Waals surface area (Å²) in [5.41, 5.74) is 4.16. The highest BCUT2D eigenvalue weighted by molar-refractivity contribution is 7.93. The van der Waals surface area contributed by atoms with Crippen molar-refractivity contribution in [3.8, 4) is 0 Å². The Morgan fingerprint density at radius 1 is 0.402 bits per heavy atom. The third-order valence-electron chi connectivity index (χ3n) is 14.6. The first kappa shape index (κ1) is 76.5. The van der Waals surface area contributed by atoms with E-state index in [1.165, 1.54) is 141 Å². The average molecular weight is 1600 g/mol. The number of sulfonamides is 3. The Labute approximate surface area is 637 Å². The number of aromatic nitrogens is 6. The van der Waals surface area contributed by atoms with Gasteiger partial charge in [-0.25, -0.2) is 69.3 Å². The van der Waals surface area contributed by atoms with E-state index in [1.54, 1.807) is 127 Å². The van der Waals surface area contributed by atoms with Crippen LogP contribution in [0.2, 0.25) is 0 Å². The van der Waals surface area contributed by atoms with Crippen molar-refractivity contribution in [1.29, 1.82) is 0 Å². The van der Waals surface area contributed by atoms with Crippen LogP contribution in [-0.2, 0) is 50.9 Å². The molecule has 6 amide bonds. The highest BCUT2D eigenvalue weighted by Crippen LogP contribution is 2.33. The van der Waals surface area contributed by atoms with Gasteiger partial charge in [-0.15, -0.1) is 68.0 Å². The van der Waals surface area contributed by atoms with Gasteiger partial charge in [0.25, 0.3) is 65.5 Å². The number of amides is 6. The van der Waals surface area contributed by atoms with E-state index in [-0.39, 0.29) is 61.4 Å². The Bertz CT molecular complexity index is 5590. The van der Waals surface area contributed by atoms with Gasteiger partial charge in [-0.1, -0.05) is 36.4 Å². The number of hydrogen-bond donors (Lipinski definition) is 8. The fourth-order valence-corrected chi connectivity index (χ4v) is 16.4. The molecule has 0 atom stereocenters. The van der Waals surface area contributed by atoms with E-state index < -0.39 is 53.7 Å². The summed E-state index contributed by atoms with van der Waals surface area (Å²) < 4.78 is 83.4. The average Bonchev–Trinajstić information content (AvgIpc) is 1.69. The van der Waals surface area contributed by atoms with Crippen molar-refractivity contribution < 1.29 is 54.0 Å². The van der Waals surface area contributed by atoms with E-state index in [2.05, 4.69) is 70.7 Å². The summed E-state index contributed by atoms with van der Waals surface area (Å²) in [4.78, 5) is 107. The second-order valence-electron chi connectivity index (χ2n) is 22.4. The molecule has 13 rings (SSSR count). The zero-order chi connectivity index (χ0) is 75.7. The number of rotatable bonds is 23. The van der Waals surface area contributed by atoms with Gasteiger partial charge in [0.15, 0.2) is 0 Å². The van der Waals surface area contributed by atoms with Crippen LogP contribution < -0.4 is 45.7 Å². The molecule has 0 unspecified atom stereocenters. The Hall–Kier alpha value is -11.6. The molecule has 0 radical (unpaired) electrons. The van der Waals surface area contributed by atoms with Crippen molar-refractivity contribution in [3.63, 3.8) is 0 Å². The van der Waals surface area contributed by atoms with Gasteiger partial charge in [-0.05, 0) is 205 Å². The van der Waals surface area contributed by atoms with Crippen LogP contribution in [-0.4, -0.2) is 97.1 Å². The van der Waals surface area contributed by atoms with Crippen molar-refractivity contribution in [2.75, 3.05) is 36.2 Å². The molecule has 12 aromatic rings. The fraction of sp³-hybridized carbons (Fsp3) is 0.0704. The first-order chi connectivity index (χ1) is 51.4. The maximum Gasteiger partial charge on any atom is 0.274 e. The second-order valence-corrected chi connectivity index (χ2v) is 33.2. The van der Waals surface area contributed by atoms with Gasteiger partial charge in [-0.3, -0.25) is 28.8 Å². The highest BCUT2D eigenvalue weighted by atomic mass is 32.2. The van der Waals surface area contributed by atoms with E-state index >= 15 is 0 Å². The molecule has 0 bridgehead atoms. The van der Waals surface area contributed by atoms with Crippen molar-refractivity contribution in [2.24, 2.45) is 0 Å². The van der Waals surface area contributed by atoms with Crippen LogP contribution in [0, 0.1) is 20.8 Å². The largest absolute Gasteiger partial charge is 0.321 e. The van der Waals surface area contributed by atoms with E-state index in [1.807, 2.05) is 52.5 Å². The van der Waals surface area contributed by atoms with Gasteiger partial charge in [0, 0.05) is 73.9 Å². The highest BCUT2D eigenvalue weighted by Gasteiger charge is 2.31. The first-order valence-electron chi connectivity index (χ1n) is 31.5. The minimum Gasteiger partial charge on any atom is -0.321 e. The molecule has 544 valence electrons. The van der Waals surface area contributed by atoms with Crippen molar-refractivity contribution >= 4 is 187 Å². The molecule has 1 aliphatic rings. The van der Waals surface area contributed by atoms with Gasteiger partial charge in [-0.2, -0.15) is 0 Å². The topological polar surface area (TPSA) is 382 Å². The standard InChI is InChI=1S/C25H21N5O4S3.C24H21N5O4S3.C22H17N5O4S3/c1-16-8-10-26-25(27-16)29-37(33,34)19-6-7-21-17(14-19)9-11-30(21)24(32)20(15-18-4-2-12-35-18)28-23(31)22-5-3-13-36-22;1-15-13-16(2)26-24(25-15)29-36(32,33)19-9-7-17(8-10-19)27-22(30)20(14-18-5-3-11-34-18)28-23(31)21-6-4-12-35-21;28-20(18(14-16-4-1-12-32-16)26-21(29)19-5-2-13-33-19)25-15-6-8-17(9-7-15)34(30,31)27-22-23-10-3-11-24-22/h2-8,10,12-15H,9,11H2,1H3,(H,28,31)(H,26,27,29);3-14H,1-2H3,(H,27,30)(H,28,31)(H,25,26,29);1-14H,(H,25,28)(H,26,29)(H,23,24,27)/b20-15+;20-14+;18-14+. The number of thiophene rings is 6. The summed E-state index contributed by atoms with van der Waals surface area (Å²) >= 11 is 8.09. The Morgan fingerprint density at radius 3 is 1.23 bits per heavy atom. The Kier molecular flexibility index (Phi) is 25.0. The van der Waals surface area contributed by atoms with Crippen molar-refractivity contribution in [2.45, 2.75) is 41.9 Å². The lowest BCUT2D eigenvalue weighted by Gasteiger charge is -2.20. The summed E-state index contributed by atoms with van der Waals surface area (Å²) in [6.07, 6.45) is 9.60. The van der Waals surface area contributed by atoms with Crippen molar-refractivity contribution in [1.82, 2.24) is 45.9 Å². The lowest BCUT2D eigenvalue weighted by Crippen LogP contribution is -2.37. The quantitative estimate of drug-likeness (QED) is 0.0276. The SMILES string of the molecule is Cc1cc(C)nc(NS(=O)(=O)c2ccc(NC(=O)/C(=C\c3cccs3)NC(=O)c3cccs3)cc2)n1.Cc1ccnc(NS(=O)(=O)c2ccc3c(c2)CCN3C(=O)/C(=C\c2cccs2)NC(=O)c2cccs2)n1.O=C(Nc1ccc(S(=O)(=O)Nc2ncccn2)cc1)/C(=C\c1cccs1)NC(=O)c1cccs1. The molecule has 3 aromatic carbocycles. The smallest absolute Gasteiger partial charge is 0.274 e. The molecule has 8 N–H and O–H groups in total. The zero-order valence-corrected chi connectivity index (χ0v) is 63.4. The minimum atomic E-state index is -3.94. The third-order valence-corrected chi connectivity index (χ3v) is 23.6. The van der Waals surface area contributed by atoms with Crippen LogP contribution >= 0.6 is 68.0 Å². The molecule has 107 heavy (non-hydrogen) atoms. The zero-order valence-electron chi connectivity index (χ0n) is 56.1. The number of carbonyl (C=O) groups is 6. The van der Waals surface area contributed by atoms with Crippen LogP contribution in [0.25, 0.3) is 18.2 Å². The number of hydrogen-bond acceptors (Lipinski definition) is 24. The van der Waals surface area contributed by atoms with Gasteiger partial charge in [0.05, 0.1) is 29.3 Å². The summed E-state index contributed by atoms with van der Waals surface area (Å²) in [5.74, 6) is -2.72. The molecule has 27 nitrogen and oxygen atoms in total. The number of aryl methyl sites for hydroxylation is 3. The number of carbonyl (C=O) groups excluding carboxylic acids is 6. The Balaban J connectivity index is 0.000000160. The molecule has 0 spiro atoms. The Morgan fingerprint density at radius 2 is 0.794 bits per heavy atom. The summed E-state index contributed by atoms with van der Waals surface area (Å²) in [7, 11) is -11.8. The van der Waals surface area contributed by atoms with E-state index in [4.69, 9.17) is 0 Å². The summed E-state index contributed by atoms with van der Waals surface area (Å²) in [6.45, 7) is 5.58. The molecule has 1 aliphatic heterocycles. The van der Waals surface area contributed by atoms with Crippen molar-refractivity contribution in [3.05, 3.63) is 278 Å². The molecule has 0 saturated carbocycles. The predicted octanol–water partition coefficient (Wildman–Crippen LogP) is 12.3. The minimum absolute atomic E-state index is 0.0119. The number of benzene rings is 3. The normalized spacial score (nSPS) is 12.2. The van der Waals surface area contributed by atoms with Crippen LogP contribution in [0.4, 0.5) is 34.9 Å². The fourth-order valence-electron chi connectivity index (χ4n) is 9.68. The maximum atomic E-state index is 13.6. The third kappa shape index (κ3) is 21.1. The monoisotopic (exact) mass is 1600 g/mol. The summed E-state index contributed by atoms with van der Waals surface area (Å²) in [6, 6.07) is 42.1. The molecule has 9 aromatic heterocycles. The van der Waals surface area contributed by atoms with Crippen LogP contribution in [0.1, 0.15) is 66.3 Å². The number of nitrogens with one attached hydrogen (secondary N) is 8. The van der Waals surface area contributed by atoms with E-state index in [0.29, 0.717) is 67.3 Å². The molecule has 0 aliphatic carbocycles. The molecule has 0 fully saturated rings. The number of anilines is 6. The lowest BCUT2D eigenvalue weighted by molar-refractivity contribution is -0.115. The number of fused-ring (bicyclic) bond motifs is 1. The van der Waals surface area contributed by atoms with Crippen LogP contribution in [0.5, 0.6) is 0 Å². The predicted molar refractivity (Wildman–Crippen MR) is 418 cm³/mol. The van der Waals surface area contributed by atoms with Gasteiger partial charge in [0.1, 0.15) is 17.1 Å². The van der Waals surface area contributed by atoms with Crippen LogP contribution in [0.3, 0.4) is 0 Å². The molecule has 36 heteroatoms. The van der Waals surface area contributed by atoms with E-state index in [9.17, 15) is 54.0 Å². The molecule has 0 saturated heterocycles. The van der Waals surface area contributed by atoms with Gasteiger partial charge in [0.2, 0.25) is 17.8 Å².